The number of allylic oxidation sites excluding steroid dienone is 1. The Morgan fingerprint density at radius 2 is 2.00 bits per heavy atom. The van der Waals surface area contributed by atoms with Crippen LogP contribution in [0.3, 0.4) is 0 Å². The maximum absolute atomic E-state index is 8.33. The third-order valence-corrected chi connectivity index (χ3v) is 1.21. The number of rotatable bonds is 2. The fourth-order valence-electron chi connectivity index (χ4n) is 0.708. The Balaban J connectivity index is 0.000001000. The molecule has 0 fully saturated rings. The van der Waals surface area contributed by atoms with Gasteiger partial charge < -0.3 is 5.11 Å². The predicted molar refractivity (Wildman–Crippen MR) is 47.0 cm³/mol. The molecule has 1 heterocycles. The molecule has 1 aromatic heterocycles. The smallest absolute Gasteiger partial charge is 0.0755 e. The van der Waals surface area contributed by atoms with E-state index < -0.39 is 0 Å². The number of hydrogen-bond acceptors (Lipinski definition) is 2. The zero-order valence-electron chi connectivity index (χ0n) is 5.97. The molecule has 0 radical (unpaired) electrons. The summed E-state index contributed by atoms with van der Waals surface area (Å²) in [7, 11) is 0. The maximum atomic E-state index is 8.33. The first-order chi connectivity index (χ1) is 4.93. The third-order valence-electron chi connectivity index (χ3n) is 1.21. The molecule has 1 rings (SSSR count). The van der Waals surface area contributed by atoms with Gasteiger partial charge in [-0.1, -0.05) is 0 Å². The van der Waals surface area contributed by atoms with Crippen LogP contribution in [-0.2, 0) is 6.42 Å². The fourth-order valence-corrected chi connectivity index (χ4v) is 0.708. The summed E-state index contributed by atoms with van der Waals surface area (Å²) in [5.41, 5.74) is 1.15. The van der Waals surface area contributed by atoms with Crippen LogP contribution in [-0.4, -0.2) is 10.1 Å². The van der Waals surface area contributed by atoms with Crippen LogP contribution in [0.2, 0.25) is 0 Å². The first-order valence-electron chi connectivity index (χ1n) is 3.11. The summed E-state index contributed by atoms with van der Waals surface area (Å²) in [6, 6.07) is 3.83. The van der Waals surface area contributed by atoms with Crippen molar-refractivity contribution in [3.05, 3.63) is 42.4 Å². The Labute approximate surface area is 72.0 Å². The van der Waals surface area contributed by atoms with E-state index in [0.717, 1.165) is 18.2 Å². The molecule has 0 amide bonds. The lowest BCUT2D eigenvalue weighted by atomic mass is 10.2. The zero-order valence-corrected chi connectivity index (χ0v) is 6.79. The Morgan fingerprint density at radius 1 is 1.36 bits per heavy atom. The third kappa shape index (κ3) is 3.63. The average Bonchev–Trinajstić information content (AvgIpc) is 2.03. The van der Waals surface area contributed by atoms with Crippen LogP contribution in [0.4, 0.5) is 0 Å². The van der Waals surface area contributed by atoms with Crippen LogP contribution in [0.1, 0.15) is 5.56 Å². The van der Waals surface area contributed by atoms with Crippen LogP contribution in [0, 0.1) is 0 Å². The number of halogens is 1. The van der Waals surface area contributed by atoms with Crippen molar-refractivity contribution in [1.82, 2.24) is 4.98 Å². The van der Waals surface area contributed by atoms with Crippen LogP contribution in [0.5, 0.6) is 0 Å². The molecule has 0 aromatic carbocycles. The lowest BCUT2D eigenvalue weighted by Gasteiger charge is -1.91. The Bertz CT molecular complexity index is 211. The summed E-state index contributed by atoms with van der Waals surface area (Å²) >= 11 is 0. The van der Waals surface area contributed by atoms with Gasteiger partial charge >= 0.3 is 0 Å². The number of aliphatic hydroxyl groups is 1. The molecule has 0 unspecified atom stereocenters. The molecule has 0 aliphatic heterocycles. The number of hydrogen-bond donors (Lipinski definition) is 1. The van der Waals surface area contributed by atoms with Crippen molar-refractivity contribution in [2.24, 2.45) is 0 Å². The van der Waals surface area contributed by atoms with E-state index in [9.17, 15) is 0 Å². The van der Waals surface area contributed by atoms with Crippen molar-refractivity contribution < 1.29 is 5.11 Å². The predicted octanol–water partition coefficient (Wildman–Crippen LogP) is 2.12. The van der Waals surface area contributed by atoms with Gasteiger partial charge in [-0.05, 0) is 30.2 Å². The molecule has 0 aliphatic carbocycles. The van der Waals surface area contributed by atoms with Crippen molar-refractivity contribution in [3.8, 4) is 0 Å². The average molecular weight is 172 g/mol. The largest absolute Gasteiger partial charge is 0.516 e. The van der Waals surface area contributed by atoms with Gasteiger partial charge in [0, 0.05) is 12.4 Å². The van der Waals surface area contributed by atoms with Gasteiger partial charge in [-0.2, -0.15) is 0 Å². The summed E-state index contributed by atoms with van der Waals surface area (Å²) in [4.78, 5) is 3.87. The minimum Gasteiger partial charge on any atom is -0.516 e. The van der Waals surface area contributed by atoms with Crippen LogP contribution >= 0.6 is 12.4 Å². The first-order valence-corrected chi connectivity index (χ1v) is 3.11. The number of pyridine rings is 1. The summed E-state index contributed by atoms with van der Waals surface area (Å²) in [6.45, 7) is 0. The maximum Gasteiger partial charge on any atom is 0.0755 e. The molecule has 60 valence electrons. The van der Waals surface area contributed by atoms with E-state index in [-0.39, 0.29) is 12.4 Å². The van der Waals surface area contributed by atoms with Crippen molar-refractivity contribution in [2.75, 3.05) is 0 Å². The van der Waals surface area contributed by atoms with Crippen LogP contribution in [0.25, 0.3) is 0 Å². The van der Waals surface area contributed by atoms with E-state index in [2.05, 4.69) is 4.98 Å². The van der Waals surface area contributed by atoms with Gasteiger partial charge in [0.15, 0.2) is 0 Å². The normalized spacial score (nSPS) is 9.45. The second-order valence-corrected chi connectivity index (χ2v) is 1.94. The molecule has 0 saturated carbocycles. The van der Waals surface area contributed by atoms with Gasteiger partial charge in [0.1, 0.15) is 0 Å². The topological polar surface area (TPSA) is 33.1 Å². The molecule has 11 heavy (non-hydrogen) atoms. The van der Waals surface area contributed by atoms with E-state index in [0.29, 0.717) is 0 Å². The van der Waals surface area contributed by atoms with Crippen molar-refractivity contribution >= 4 is 12.4 Å². The highest BCUT2D eigenvalue weighted by molar-refractivity contribution is 5.85. The first kappa shape index (κ1) is 9.98. The molecule has 3 heteroatoms. The molecule has 2 nitrogen and oxygen atoms in total. The summed E-state index contributed by atoms with van der Waals surface area (Å²) in [5.74, 6) is 0. The highest BCUT2D eigenvalue weighted by Gasteiger charge is 1.84. The standard InChI is InChI=1S/C8H9NO.ClH/c10-7-1-2-8-3-5-9-6-4-8;/h1,3-7,10H,2H2;1H. The van der Waals surface area contributed by atoms with Crippen molar-refractivity contribution in [3.63, 3.8) is 0 Å². The number of aromatic nitrogens is 1. The number of aliphatic hydroxyl groups excluding tert-OH is 1. The number of nitrogens with zero attached hydrogens (tertiary/aromatic N) is 1. The molecule has 0 spiro atoms. The van der Waals surface area contributed by atoms with E-state index in [1.54, 1.807) is 18.5 Å². The molecular weight excluding hydrogens is 162 g/mol. The molecule has 1 N–H and O–H groups in total. The van der Waals surface area contributed by atoms with Gasteiger partial charge in [0.2, 0.25) is 0 Å². The molecule has 0 aliphatic rings. The van der Waals surface area contributed by atoms with Gasteiger partial charge in [0.25, 0.3) is 0 Å². The Hall–Kier alpha value is -1.02. The van der Waals surface area contributed by atoms with Gasteiger partial charge in [0.05, 0.1) is 6.26 Å². The molecule has 1 aromatic rings. The summed E-state index contributed by atoms with van der Waals surface area (Å²) in [5, 5.41) is 8.33. The fraction of sp³-hybridized carbons (Fsp3) is 0.125. The van der Waals surface area contributed by atoms with Gasteiger partial charge in [-0.3, -0.25) is 4.98 Å². The van der Waals surface area contributed by atoms with Crippen LogP contribution in [0.15, 0.2) is 36.9 Å². The van der Waals surface area contributed by atoms with E-state index in [1.807, 2.05) is 12.1 Å². The lowest BCUT2D eigenvalue weighted by Crippen LogP contribution is -1.79. The Morgan fingerprint density at radius 3 is 2.55 bits per heavy atom. The summed E-state index contributed by atoms with van der Waals surface area (Å²) < 4.78 is 0. The van der Waals surface area contributed by atoms with E-state index in [1.165, 1.54) is 0 Å². The van der Waals surface area contributed by atoms with Crippen LogP contribution < -0.4 is 0 Å². The van der Waals surface area contributed by atoms with Crippen molar-refractivity contribution in [1.29, 1.82) is 0 Å². The second kappa shape index (κ2) is 5.74. The molecule has 0 atom stereocenters. The lowest BCUT2D eigenvalue weighted by molar-refractivity contribution is 0.471. The molecule has 0 saturated heterocycles. The van der Waals surface area contributed by atoms with E-state index >= 15 is 0 Å². The second-order valence-electron chi connectivity index (χ2n) is 1.94. The van der Waals surface area contributed by atoms with Gasteiger partial charge in [-0.25, -0.2) is 0 Å². The molecule has 0 bridgehead atoms. The Kier molecular flexibility index (Phi) is 5.21. The molecular formula is C8H10ClNO. The monoisotopic (exact) mass is 171 g/mol. The highest BCUT2D eigenvalue weighted by Crippen LogP contribution is 1.96. The zero-order chi connectivity index (χ0) is 7.23. The highest BCUT2D eigenvalue weighted by atomic mass is 35.5. The minimum absolute atomic E-state index is 0. The van der Waals surface area contributed by atoms with Crippen molar-refractivity contribution in [2.45, 2.75) is 6.42 Å². The summed E-state index contributed by atoms with van der Waals surface area (Å²) in [6.07, 6.45) is 6.98. The van der Waals surface area contributed by atoms with E-state index in [4.69, 9.17) is 5.11 Å². The SMILES string of the molecule is Cl.OC=CCc1ccncc1. The quantitative estimate of drug-likeness (QED) is 0.692. The minimum atomic E-state index is 0. The van der Waals surface area contributed by atoms with Gasteiger partial charge in [-0.15, -0.1) is 12.4 Å².